The van der Waals surface area contributed by atoms with E-state index in [2.05, 4.69) is 15.5 Å². The van der Waals surface area contributed by atoms with Crippen molar-refractivity contribution >= 4 is 29.7 Å². The second-order valence-corrected chi connectivity index (χ2v) is 8.09. The zero-order chi connectivity index (χ0) is 22.9. The number of carbonyl (C=O) groups is 2. The molecule has 0 saturated heterocycles. The first kappa shape index (κ1) is 22.3. The molecule has 3 aromatic carbocycles. The maximum Gasteiger partial charge on any atom is 0.322 e. The van der Waals surface area contributed by atoms with E-state index in [-0.39, 0.29) is 22.9 Å². The lowest BCUT2D eigenvalue weighted by Gasteiger charge is -2.17. The molecule has 4 aromatic rings. The van der Waals surface area contributed by atoms with Crippen molar-refractivity contribution in [2.75, 3.05) is 17.7 Å². The Morgan fingerprint density at radius 3 is 2.03 bits per heavy atom. The molecule has 0 aliphatic heterocycles. The summed E-state index contributed by atoms with van der Waals surface area (Å²) in [6, 6.07) is 29.0. The number of benzene rings is 3. The van der Waals surface area contributed by atoms with Gasteiger partial charge in [-0.05, 0) is 23.3 Å². The first-order chi connectivity index (χ1) is 16.2. The number of nitrogens with one attached hydrogen (secondary N) is 1. The highest BCUT2D eigenvalue weighted by Gasteiger charge is 2.18. The minimum absolute atomic E-state index is 0.0245. The third-order valence-corrected chi connectivity index (χ3v) is 5.91. The predicted molar refractivity (Wildman–Crippen MR) is 127 cm³/mol. The van der Waals surface area contributed by atoms with Gasteiger partial charge in [0, 0.05) is 5.56 Å². The summed E-state index contributed by atoms with van der Waals surface area (Å²) in [6.07, 6.45) is 0. The second-order valence-electron chi connectivity index (χ2n) is 7.00. The van der Waals surface area contributed by atoms with Crippen molar-refractivity contribution in [3.63, 3.8) is 0 Å². The third kappa shape index (κ3) is 6.30. The molecule has 1 aromatic heterocycles. The molecule has 0 saturated carbocycles. The van der Waals surface area contributed by atoms with Crippen molar-refractivity contribution in [1.29, 1.82) is 0 Å². The van der Waals surface area contributed by atoms with Crippen LogP contribution in [-0.4, -0.2) is 34.4 Å². The maximum atomic E-state index is 12.3. The van der Waals surface area contributed by atoms with Gasteiger partial charge in [0.15, 0.2) is 6.61 Å². The Kier molecular flexibility index (Phi) is 7.50. The molecule has 0 spiro atoms. The zero-order valence-corrected chi connectivity index (χ0v) is 18.4. The average Bonchev–Trinajstić information content (AvgIpc) is 3.33. The van der Waals surface area contributed by atoms with Gasteiger partial charge < -0.3 is 9.15 Å². The molecular formula is C25H21N3O4S. The molecule has 33 heavy (non-hydrogen) atoms. The van der Waals surface area contributed by atoms with E-state index in [0.29, 0.717) is 0 Å². The number of hydrogen-bond donors (Lipinski definition) is 1. The molecule has 166 valence electrons. The molecule has 0 aliphatic carbocycles. The van der Waals surface area contributed by atoms with Crippen LogP contribution in [0.1, 0.15) is 16.4 Å². The van der Waals surface area contributed by atoms with Gasteiger partial charge >= 0.3 is 12.0 Å². The van der Waals surface area contributed by atoms with Crippen LogP contribution in [-0.2, 0) is 14.3 Å². The summed E-state index contributed by atoms with van der Waals surface area (Å²) in [6.45, 7) is -0.441. The molecule has 0 unspecified atom stereocenters. The minimum atomic E-state index is -0.556. The molecule has 0 bridgehead atoms. The zero-order valence-electron chi connectivity index (χ0n) is 17.6. The van der Waals surface area contributed by atoms with Crippen LogP contribution in [0.3, 0.4) is 0 Å². The molecule has 0 radical (unpaired) electrons. The van der Waals surface area contributed by atoms with Gasteiger partial charge in [0.05, 0.1) is 11.0 Å². The van der Waals surface area contributed by atoms with Gasteiger partial charge in [-0.25, -0.2) is 0 Å². The van der Waals surface area contributed by atoms with Crippen LogP contribution in [0.4, 0.5) is 6.01 Å². The van der Waals surface area contributed by atoms with Crippen molar-refractivity contribution in [1.82, 2.24) is 10.2 Å². The summed E-state index contributed by atoms with van der Waals surface area (Å²) in [4.78, 5) is 24.4. The van der Waals surface area contributed by atoms with Crippen LogP contribution in [0.15, 0.2) is 95.4 Å². The SMILES string of the molecule is O=C(COC(=O)CSC(c1ccccc1)c1ccccc1)Nc1nnc(-c2ccccc2)o1. The smallest absolute Gasteiger partial charge is 0.322 e. The average molecular weight is 460 g/mol. The number of ether oxygens (including phenoxy) is 1. The van der Waals surface area contributed by atoms with E-state index >= 15 is 0 Å². The first-order valence-electron chi connectivity index (χ1n) is 10.2. The van der Waals surface area contributed by atoms with Crippen molar-refractivity contribution in [3.8, 4) is 11.5 Å². The number of aromatic nitrogens is 2. The molecule has 4 rings (SSSR count). The number of esters is 1. The van der Waals surface area contributed by atoms with E-state index in [9.17, 15) is 9.59 Å². The number of hydrogen-bond acceptors (Lipinski definition) is 7. The van der Waals surface area contributed by atoms with Crippen LogP contribution in [0, 0.1) is 0 Å². The number of anilines is 1. The quantitative estimate of drug-likeness (QED) is 0.361. The van der Waals surface area contributed by atoms with E-state index in [4.69, 9.17) is 9.15 Å². The molecule has 1 amide bonds. The Morgan fingerprint density at radius 2 is 1.42 bits per heavy atom. The van der Waals surface area contributed by atoms with Gasteiger partial charge in [-0.3, -0.25) is 14.9 Å². The summed E-state index contributed by atoms with van der Waals surface area (Å²) >= 11 is 1.45. The van der Waals surface area contributed by atoms with E-state index in [0.717, 1.165) is 16.7 Å². The fourth-order valence-corrected chi connectivity index (χ4v) is 4.19. The lowest BCUT2D eigenvalue weighted by molar-refractivity contribution is -0.144. The molecule has 1 heterocycles. The minimum Gasteiger partial charge on any atom is -0.455 e. The summed E-state index contributed by atoms with van der Waals surface area (Å²) < 4.78 is 10.6. The number of thioether (sulfide) groups is 1. The lowest BCUT2D eigenvalue weighted by atomic mass is 10.0. The van der Waals surface area contributed by atoms with Gasteiger partial charge in [-0.15, -0.1) is 16.9 Å². The normalized spacial score (nSPS) is 10.7. The molecule has 8 heteroatoms. The molecule has 0 atom stereocenters. The highest BCUT2D eigenvalue weighted by atomic mass is 32.2. The number of carbonyl (C=O) groups excluding carboxylic acids is 2. The summed E-state index contributed by atoms with van der Waals surface area (Å²) in [7, 11) is 0. The van der Waals surface area contributed by atoms with E-state index in [1.54, 1.807) is 0 Å². The standard InChI is InChI=1S/C25H21N3O4S/c29-21(26-25-28-27-24(32-25)20-14-8-3-9-15-20)16-31-22(30)17-33-23(18-10-4-1-5-11-18)19-12-6-2-7-13-19/h1-15,23H,16-17H2,(H,26,28,29). The number of rotatable bonds is 9. The Bertz CT molecular complexity index is 1140. The van der Waals surface area contributed by atoms with Crippen molar-refractivity contribution in [3.05, 3.63) is 102 Å². The Balaban J connectivity index is 1.28. The largest absolute Gasteiger partial charge is 0.455 e. The predicted octanol–water partition coefficient (Wildman–Crippen LogP) is 4.74. The highest BCUT2D eigenvalue weighted by Crippen LogP contribution is 2.35. The lowest BCUT2D eigenvalue weighted by Crippen LogP contribution is -2.22. The van der Waals surface area contributed by atoms with Crippen molar-refractivity contribution in [2.45, 2.75) is 5.25 Å². The van der Waals surface area contributed by atoms with Crippen LogP contribution in [0.2, 0.25) is 0 Å². The molecule has 1 N–H and O–H groups in total. The Morgan fingerprint density at radius 1 is 0.848 bits per heavy atom. The van der Waals surface area contributed by atoms with Crippen LogP contribution in [0.25, 0.3) is 11.5 Å². The number of amides is 1. The van der Waals surface area contributed by atoms with Crippen LogP contribution >= 0.6 is 11.8 Å². The topological polar surface area (TPSA) is 94.3 Å². The van der Waals surface area contributed by atoms with Gasteiger partial charge in [0.25, 0.3) is 5.91 Å². The highest BCUT2D eigenvalue weighted by molar-refractivity contribution is 8.00. The van der Waals surface area contributed by atoms with Crippen LogP contribution in [0.5, 0.6) is 0 Å². The van der Waals surface area contributed by atoms with E-state index in [1.165, 1.54) is 11.8 Å². The van der Waals surface area contributed by atoms with Gasteiger partial charge in [0.2, 0.25) is 5.89 Å². The fourth-order valence-electron chi connectivity index (χ4n) is 3.11. The van der Waals surface area contributed by atoms with Gasteiger partial charge in [0.1, 0.15) is 0 Å². The number of nitrogens with zero attached hydrogens (tertiary/aromatic N) is 2. The molecule has 7 nitrogen and oxygen atoms in total. The van der Waals surface area contributed by atoms with Crippen molar-refractivity contribution < 1.29 is 18.7 Å². The van der Waals surface area contributed by atoms with Gasteiger partial charge in [-0.2, -0.15) is 0 Å². The fraction of sp³-hybridized carbons (Fsp3) is 0.120. The van der Waals surface area contributed by atoms with Crippen molar-refractivity contribution in [2.24, 2.45) is 0 Å². The first-order valence-corrected chi connectivity index (χ1v) is 11.3. The maximum absolute atomic E-state index is 12.3. The van der Waals surface area contributed by atoms with E-state index < -0.39 is 18.5 Å². The Labute approximate surface area is 195 Å². The molecule has 0 aliphatic rings. The van der Waals surface area contributed by atoms with Crippen LogP contribution < -0.4 is 5.32 Å². The molecular weight excluding hydrogens is 438 g/mol. The monoisotopic (exact) mass is 459 g/mol. The summed E-state index contributed by atoms with van der Waals surface area (Å²) in [5.41, 5.74) is 2.91. The van der Waals surface area contributed by atoms with E-state index in [1.807, 2.05) is 91.0 Å². The third-order valence-electron chi connectivity index (χ3n) is 4.63. The molecule has 0 fully saturated rings. The Hall–Kier alpha value is -3.91. The summed E-state index contributed by atoms with van der Waals surface area (Å²) in [5, 5.41) is 10.1. The second kappa shape index (κ2) is 11.1. The summed E-state index contributed by atoms with van der Waals surface area (Å²) in [5.74, 6) is -0.658. The van der Waals surface area contributed by atoms with Gasteiger partial charge in [-0.1, -0.05) is 84.0 Å².